The summed E-state index contributed by atoms with van der Waals surface area (Å²) in [6, 6.07) is 0. The largest absolute Gasteiger partial charge is 0.355 e. The maximum absolute atomic E-state index is 10.4. The summed E-state index contributed by atoms with van der Waals surface area (Å²) in [5, 5.41) is 0. The number of hydrogen-bond donors (Lipinski definition) is 0. The van der Waals surface area contributed by atoms with Crippen LogP contribution in [0.3, 0.4) is 0 Å². The Kier molecular flexibility index (Phi) is 2.72. The van der Waals surface area contributed by atoms with Gasteiger partial charge in [-0.1, -0.05) is 0 Å². The average molecular weight is 191 g/mol. The fraction of sp³-hybridized carbons (Fsp3) is 0.500. The summed E-state index contributed by atoms with van der Waals surface area (Å²) in [5.41, 5.74) is 0.394. The lowest BCUT2D eigenvalue weighted by molar-refractivity contribution is 0.111. The maximum atomic E-state index is 10.4. The fourth-order valence-corrected chi connectivity index (χ4v) is 1.68. The molecule has 1 aromatic rings. The molecule has 2 rings (SSSR count). The van der Waals surface area contributed by atoms with E-state index in [1.807, 2.05) is 0 Å². The highest BCUT2D eigenvalue weighted by Crippen LogP contribution is 2.15. The minimum Gasteiger partial charge on any atom is -0.355 e. The van der Waals surface area contributed by atoms with Gasteiger partial charge in [-0.3, -0.25) is 4.79 Å². The minimum absolute atomic E-state index is 0.394. The van der Waals surface area contributed by atoms with Crippen molar-refractivity contribution in [3.8, 4) is 0 Å². The predicted octanol–water partition coefficient (Wildman–Crippen LogP) is 1.28. The Bertz CT molecular complexity index is 304. The van der Waals surface area contributed by atoms with Crippen molar-refractivity contribution in [3.05, 3.63) is 18.1 Å². The molecule has 0 bridgehead atoms. The minimum atomic E-state index is 0.394. The summed E-state index contributed by atoms with van der Waals surface area (Å²) >= 11 is 0. The molecule has 0 spiro atoms. The topological polar surface area (TPSA) is 46.1 Å². The van der Waals surface area contributed by atoms with Crippen molar-refractivity contribution in [2.75, 3.05) is 18.0 Å². The second-order valence-electron chi connectivity index (χ2n) is 3.47. The van der Waals surface area contributed by atoms with Crippen LogP contribution in [0.2, 0.25) is 0 Å². The van der Waals surface area contributed by atoms with Gasteiger partial charge in [0.2, 0.25) is 0 Å². The van der Waals surface area contributed by atoms with Crippen molar-refractivity contribution in [1.29, 1.82) is 0 Å². The molecule has 0 unspecified atom stereocenters. The molecule has 0 aromatic carbocycles. The molecule has 1 aliphatic heterocycles. The second kappa shape index (κ2) is 4.17. The van der Waals surface area contributed by atoms with E-state index >= 15 is 0 Å². The monoisotopic (exact) mass is 191 g/mol. The SMILES string of the molecule is O=Cc1cnc(N2CCCCC2)cn1. The molecule has 4 nitrogen and oxygen atoms in total. The van der Waals surface area contributed by atoms with Crippen molar-refractivity contribution in [2.45, 2.75) is 19.3 Å². The Morgan fingerprint density at radius 3 is 2.50 bits per heavy atom. The number of hydrogen-bond acceptors (Lipinski definition) is 4. The Hall–Kier alpha value is -1.45. The zero-order chi connectivity index (χ0) is 9.80. The summed E-state index contributed by atoms with van der Waals surface area (Å²) in [7, 11) is 0. The number of aromatic nitrogens is 2. The van der Waals surface area contributed by atoms with E-state index in [0.29, 0.717) is 12.0 Å². The van der Waals surface area contributed by atoms with Crippen LogP contribution in [0, 0.1) is 0 Å². The number of aldehydes is 1. The van der Waals surface area contributed by atoms with Gasteiger partial charge in [-0.2, -0.15) is 0 Å². The molecule has 14 heavy (non-hydrogen) atoms. The van der Waals surface area contributed by atoms with Gasteiger partial charge >= 0.3 is 0 Å². The number of anilines is 1. The van der Waals surface area contributed by atoms with Gasteiger partial charge in [0.15, 0.2) is 6.29 Å². The molecule has 0 aliphatic carbocycles. The van der Waals surface area contributed by atoms with Crippen LogP contribution in [0.4, 0.5) is 5.82 Å². The fourth-order valence-electron chi connectivity index (χ4n) is 1.68. The molecule has 0 amide bonds. The van der Waals surface area contributed by atoms with Gasteiger partial charge in [0.05, 0.1) is 12.4 Å². The van der Waals surface area contributed by atoms with Crippen LogP contribution >= 0.6 is 0 Å². The Balaban J connectivity index is 2.11. The number of nitrogens with zero attached hydrogens (tertiary/aromatic N) is 3. The summed E-state index contributed by atoms with van der Waals surface area (Å²) in [6.07, 6.45) is 7.66. The van der Waals surface area contributed by atoms with Crippen molar-refractivity contribution in [2.24, 2.45) is 0 Å². The van der Waals surface area contributed by atoms with Gasteiger partial charge in [-0.15, -0.1) is 0 Å². The number of carbonyl (C=O) groups is 1. The Morgan fingerprint density at radius 1 is 1.14 bits per heavy atom. The third-order valence-corrected chi connectivity index (χ3v) is 2.46. The molecule has 0 N–H and O–H groups in total. The second-order valence-corrected chi connectivity index (χ2v) is 3.47. The highest BCUT2D eigenvalue weighted by atomic mass is 16.1. The smallest absolute Gasteiger partial charge is 0.170 e. The summed E-state index contributed by atoms with van der Waals surface area (Å²) in [4.78, 5) is 20.8. The third-order valence-electron chi connectivity index (χ3n) is 2.46. The molecular weight excluding hydrogens is 178 g/mol. The maximum Gasteiger partial charge on any atom is 0.170 e. The van der Waals surface area contributed by atoms with Gasteiger partial charge in [0, 0.05) is 13.1 Å². The van der Waals surface area contributed by atoms with E-state index in [1.54, 1.807) is 6.20 Å². The van der Waals surface area contributed by atoms with Crippen molar-refractivity contribution in [3.63, 3.8) is 0 Å². The van der Waals surface area contributed by atoms with E-state index < -0.39 is 0 Å². The van der Waals surface area contributed by atoms with Crippen LogP contribution in [0.15, 0.2) is 12.4 Å². The third kappa shape index (κ3) is 1.89. The van der Waals surface area contributed by atoms with E-state index in [-0.39, 0.29) is 0 Å². The number of carbonyl (C=O) groups excluding carboxylic acids is 1. The zero-order valence-electron chi connectivity index (χ0n) is 8.02. The van der Waals surface area contributed by atoms with Crippen molar-refractivity contribution < 1.29 is 4.79 Å². The van der Waals surface area contributed by atoms with Crippen LogP contribution in [0.5, 0.6) is 0 Å². The number of piperidine rings is 1. The predicted molar refractivity (Wildman–Crippen MR) is 53.5 cm³/mol. The van der Waals surface area contributed by atoms with E-state index in [1.165, 1.54) is 25.5 Å². The first-order valence-electron chi connectivity index (χ1n) is 4.92. The summed E-state index contributed by atoms with van der Waals surface area (Å²) in [6.45, 7) is 2.10. The number of rotatable bonds is 2. The normalized spacial score (nSPS) is 16.7. The molecule has 0 radical (unpaired) electrons. The highest BCUT2D eigenvalue weighted by Gasteiger charge is 2.11. The van der Waals surface area contributed by atoms with Crippen LogP contribution in [0.1, 0.15) is 29.8 Å². The van der Waals surface area contributed by atoms with E-state index in [4.69, 9.17) is 0 Å². The quantitative estimate of drug-likeness (QED) is 0.660. The highest BCUT2D eigenvalue weighted by molar-refractivity contribution is 5.71. The molecule has 0 saturated carbocycles. The first-order chi connectivity index (χ1) is 6.90. The molecule has 1 aromatic heterocycles. The molecule has 4 heteroatoms. The van der Waals surface area contributed by atoms with E-state index in [2.05, 4.69) is 14.9 Å². The lowest BCUT2D eigenvalue weighted by atomic mass is 10.1. The van der Waals surface area contributed by atoms with E-state index in [9.17, 15) is 4.79 Å². The molecule has 1 aliphatic rings. The van der Waals surface area contributed by atoms with Crippen LogP contribution in [0.25, 0.3) is 0 Å². The van der Waals surface area contributed by atoms with Crippen LogP contribution in [-0.2, 0) is 0 Å². The van der Waals surface area contributed by atoms with E-state index in [0.717, 1.165) is 18.9 Å². The summed E-state index contributed by atoms with van der Waals surface area (Å²) < 4.78 is 0. The van der Waals surface area contributed by atoms with Gasteiger partial charge in [0.1, 0.15) is 11.5 Å². The lowest BCUT2D eigenvalue weighted by Crippen LogP contribution is -2.30. The molecule has 1 fully saturated rings. The molecule has 74 valence electrons. The van der Waals surface area contributed by atoms with Crippen LogP contribution in [-0.4, -0.2) is 29.3 Å². The van der Waals surface area contributed by atoms with Crippen molar-refractivity contribution >= 4 is 12.1 Å². The van der Waals surface area contributed by atoms with Gasteiger partial charge in [0.25, 0.3) is 0 Å². The molecule has 0 atom stereocenters. The Labute approximate surface area is 83.0 Å². The molecule has 1 saturated heterocycles. The Morgan fingerprint density at radius 2 is 1.93 bits per heavy atom. The van der Waals surface area contributed by atoms with Gasteiger partial charge in [-0.25, -0.2) is 9.97 Å². The molecule has 2 heterocycles. The first kappa shape index (κ1) is 9.12. The average Bonchev–Trinajstić information content (AvgIpc) is 2.30. The molecular formula is C10H13N3O. The lowest BCUT2D eigenvalue weighted by Gasteiger charge is -2.27. The standard InChI is InChI=1S/C10H13N3O/c14-8-9-6-12-10(7-11-9)13-4-2-1-3-5-13/h6-8H,1-5H2. The first-order valence-corrected chi connectivity index (χ1v) is 4.92. The summed E-state index contributed by atoms with van der Waals surface area (Å²) in [5.74, 6) is 0.885. The van der Waals surface area contributed by atoms with Crippen LogP contribution < -0.4 is 4.90 Å². The van der Waals surface area contributed by atoms with Gasteiger partial charge < -0.3 is 4.90 Å². The zero-order valence-corrected chi connectivity index (χ0v) is 8.02. The van der Waals surface area contributed by atoms with Crippen molar-refractivity contribution in [1.82, 2.24) is 9.97 Å². The van der Waals surface area contributed by atoms with Gasteiger partial charge in [-0.05, 0) is 19.3 Å².